The number of rotatable bonds is 4. The molecule has 2 aromatic carbocycles. The molecule has 3 aromatic rings. The van der Waals surface area contributed by atoms with Crippen molar-refractivity contribution in [2.45, 2.75) is 31.5 Å². The van der Waals surface area contributed by atoms with E-state index in [2.05, 4.69) is 21.8 Å². The molecule has 0 saturated carbocycles. The third-order valence-electron chi connectivity index (χ3n) is 6.51. The Labute approximate surface area is 204 Å². The van der Waals surface area contributed by atoms with Gasteiger partial charge in [0, 0.05) is 37.7 Å². The number of likely N-dealkylation sites (tertiary alicyclic amines) is 2. The molecule has 2 aliphatic heterocycles. The van der Waals surface area contributed by atoms with Crippen LogP contribution in [0.1, 0.15) is 36.6 Å². The van der Waals surface area contributed by atoms with Gasteiger partial charge in [-0.05, 0) is 42.2 Å². The van der Waals surface area contributed by atoms with Gasteiger partial charge >= 0.3 is 12.4 Å². The largest absolute Gasteiger partial charge is 0.573 e. The molecule has 0 bridgehead atoms. The maximum atomic E-state index is 13.6. The number of urea groups is 1. The van der Waals surface area contributed by atoms with E-state index < -0.39 is 12.2 Å². The lowest BCUT2D eigenvalue weighted by atomic mass is 9.84. The van der Waals surface area contributed by atoms with E-state index in [0.717, 1.165) is 5.56 Å². The summed E-state index contributed by atoms with van der Waals surface area (Å²) in [5, 5.41) is 4.00. The third-order valence-corrected chi connectivity index (χ3v) is 6.51. The van der Waals surface area contributed by atoms with Crippen molar-refractivity contribution >= 4 is 6.03 Å². The molecule has 0 radical (unpaired) electrons. The first-order chi connectivity index (χ1) is 17.1. The van der Waals surface area contributed by atoms with Crippen molar-refractivity contribution in [1.82, 2.24) is 19.9 Å². The lowest BCUT2D eigenvalue weighted by Crippen LogP contribution is -2.56. The lowest BCUT2D eigenvalue weighted by molar-refractivity contribution is -0.274. The van der Waals surface area contributed by atoms with Gasteiger partial charge in [0.1, 0.15) is 11.6 Å². The number of hydrogen-bond acceptors (Lipinski definition) is 5. The summed E-state index contributed by atoms with van der Waals surface area (Å²) in [5.74, 6) is -0.187. The molecule has 2 aliphatic rings. The summed E-state index contributed by atoms with van der Waals surface area (Å²) >= 11 is 0. The highest BCUT2D eigenvalue weighted by molar-refractivity contribution is 5.75. The number of ether oxygens (including phenoxy) is 1. The van der Waals surface area contributed by atoms with E-state index >= 15 is 0 Å². The number of hydrogen-bond donors (Lipinski definition) is 0. The van der Waals surface area contributed by atoms with Crippen LogP contribution < -0.4 is 4.74 Å². The van der Waals surface area contributed by atoms with E-state index in [1.807, 2.05) is 0 Å². The minimum Gasteiger partial charge on any atom is -0.406 e. The van der Waals surface area contributed by atoms with Gasteiger partial charge in [0.25, 0.3) is 0 Å². The number of piperidine rings is 1. The van der Waals surface area contributed by atoms with Crippen LogP contribution in [0.3, 0.4) is 0 Å². The molecule has 2 atom stereocenters. The molecular weight excluding hydrogens is 480 g/mol. The third kappa shape index (κ3) is 5.29. The summed E-state index contributed by atoms with van der Waals surface area (Å²) in [6.07, 6.45) is -4.23. The molecule has 3 heterocycles. The Hall–Kier alpha value is -3.63. The molecule has 2 unspecified atom stereocenters. The second-order valence-electron chi connectivity index (χ2n) is 9.41. The second-order valence-corrected chi connectivity index (χ2v) is 9.41. The Morgan fingerprint density at radius 3 is 2.39 bits per heavy atom. The zero-order chi connectivity index (χ0) is 25.4. The van der Waals surface area contributed by atoms with Crippen LogP contribution >= 0.6 is 0 Å². The molecule has 11 heteroatoms. The van der Waals surface area contributed by atoms with E-state index in [9.17, 15) is 22.4 Å². The van der Waals surface area contributed by atoms with Crippen LogP contribution in [0.2, 0.25) is 0 Å². The molecule has 2 amide bonds. The van der Waals surface area contributed by atoms with Gasteiger partial charge in [-0.1, -0.05) is 36.3 Å². The number of carbonyl (C=O) groups excluding carboxylic acids is 1. The van der Waals surface area contributed by atoms with Gasteiger partial charge in [-0.2, -0.15) is 4.98 Å². The normalized spacial score (nSPS) is 20.8. The van der Waals surface area contributed by atoms with Crippen molar-refractivity contribution in [3.8, 4) is 17.1 Å². The number of alkyl halides is 3. The van der Waals surface area contributed by atoms with Crippen molar-refractivity contribution in [1.29, 1.82) is 0 Å². The first kappa shape index (κ1) is 24.1. The highest BCUT2D eigenvalue weighted by atomic mass is 19.4. The molecule has 2 saturated heterocycles. The van der Waals surface area contributed by atoms with E-state index in [-0.39, 0.29) is 29.4 Å². The molecule has 36 heavy (non-hydrogen) atoms. The molecule has 2 fully saturated rings. The standard InChI is InChI=1S/C25H24F4N4O3/c1-15-11-32(12-15)24(34)33-13-18(16-5-7-21(8-6-16)35-25(27,28)29)9-19(14-33)23-30-22(31-36-23)17-3-2-4-20(26)10-17/h2-8,10,15,18-19H,9,11-14H2,1H3. The summed E-state index contributed by atoms with van der Waals surface area (Å²) < 4.78 is 60.8. The van der Waals surface area contributed by atoms with Gasteiger partial charge in [0.2, 0.25) is 11.7 Å². The maximum Gasteiger partial charge on any atom is 0.573 e. The van der Waals surface area contributed by atoms with E-state index in [1.54, 1.807) is 34.1 Å². The minimum absolute atomic E-state index is 0.0929. The number of benzene rings is 2. The molecule has 7 nitrogen and oxygen atoms in total. The fourth-order valence-corrected chi connectivity index (χ4v) is 4.82. The lowest BCUT2D eigenvalue weighted by Gasteiger charge is -2.44. The van der Waals surface area contributed by atoms with Gasteiger partial charge in [0.15, 0.2) is 0 Å². The van der Waals surface area contributed by atoms with E-state index in [4.69, 9.17) is 4.52 Å². The van der Waals surface area contributed by atoms with Crippen LogP contribution in [0.15, 0.2) is 53.1 Å². The predicted octanol–water partition coefficient (Wildman–Crippen LogP) is 5.42. The van der Waals surface area contributed by atoms with Gasteiger partial charge in [-0.15, -0.1) is 13.2 Å². The first-order valence-corrected chi connectivity index (χ1v) is 11.6. The van der Waals surface area contributed by atoms with E-state index in [0.29, 0.717) is 50.0 Å². The highest BCUT2D eigenvalue weighted by Gasteiger charge is 2.38. The van der Waals surface area contributed by atoms with Crippen LogP contribution in [0.5, 0.6) is 5.75 Å². The van der Waals surface area contributed by atoms with Crippen LogP contribution in [0.4, 0.5) is 22.4 Å². The van der Waals surface area contributed by atoms with Gasteiger partial charge in [0.05, 0.1) is 5.92 Å². The molecule has 5 rings (SSSR count). The molecule has 0 aliphatic carbocycles. The summed E-state index contributed by atoms with van der Waals surface area (Å²) in [6.45, 7) is 4.20. The van der Waals surface area contributed by atoms with Gasteiger partial charge < -0.3 is 19.1 Å². The Morgan fingerprint density at radius 2 is 1.72 bits per heavy atom. The van der Waals surface area contributed by atoms with Crippen molar-refractivity contribution in [2.75, 3.05) is 26.2 Å². The quantitative estimate of drug-likeness (QED) is 0.444. The SMILES string of the molecule is CC1CN(C(=O)N2CC(c3ccc(OC(F)(F)F)cc3)CC(c3nc(-c4cccc(F)c4)no3)C2)C1. The van der Waals surface area contributed by atoms with Crippen LogP contribution in [0, 0.1) is 11.7 Å². The Bertz CT molecular complexity index is 1220. The maximum absolute atomic E-state index is 13.6. The van der Waals surface area contributed by atoms with Gasteiger partial charge in [-0.25, -0.2) is 9.18 Å². The van der Waals surface area contributed by atoms with Crippen LogP contribution in [-0.2, 0) is 0 Å². The number of halogens is 4. The van der Waals surface area contributed by atoms with Gasteiger partial charge in [-0.3, -0.25) is 0 Å². The fraction of sp³-hybridized carbons (Fsp3) is 0.400. The van der Waals surface area contributed by atoms with Crippen molar-refractivity contribution in [3.63, 3.8) is 0 Å². The van der Waals surface area contributed by atoms with Crippen molar-refractivity contribution in [3.05, 3.63) is 65.8 Å². The summed E-state index contributed by atoms with van der Waals surface area (Å²) in [7, 11) is 0. The number of nitrogens with zero attached hydrogens (tertiary/aromatic N) is 4. The predicted molar refractivity (Wildman–Crippen MR) is 121 cm³/mol. The highest BCUT2D eigenvalue weighted by Crippen LogP contribution is 2.37. The zero-order valence-electron chi connectivity index (χ0n) is 19.4. The number of aromatic nitrogens is 2. The zero-order valence-corrected chi connectivity index (χ0v) is 19.4. The number of carbonyl (C=O) groups is 1. The topological polar surface area (TPSA) is 71.7 Å². The summed E-state index contributed by atoms with van der Waals surface area (Å²) in [6, 6.07) is 11.5. The summed E-state index contributed by atoms with van der Waals surface area (Å²) in [4.78, 5) is 21.1. The first-order valence-electron chi connectivity index (χ1n) is 11.6. The Balaban J connectivity index is 1.39. The Morgan fingerprint density at radius 1 is 1.03 bits per heavy atom. The monoisotopic (exact) mass is 504 g/mol. The average molecular weight is 504 g/mol. The summed E-state index contributed by atoms with van der Waals surface area (Å²) in [5.41, 5.74) is 1.24. The smallest absolute Gasteiger partial charge is 0.406 e. The Kier molecular flexibility index (Phi) is 6.31. The van der Waals surface area contributed by atoms with Crippen molar-refractivity contribution in [2.24, 2.45) is 5.92 Å². The average Bonchev–Trinajstić information content (AvgIpc) is 3.31. The van der Waals surface area contributed by atoms with E-state index in [1.165, 1.54) is 24.3 Å². The van der Waals surface area contributed by atoms with Crippen molar-refractivity contribution < 1.29 is 31.6 Å². The minimum atomic E-state index is -4.77. The molecule has 190 valence electrons. The van der Waals surface area contributed by atoms with Crippen LogP contribution in [0.25, 0.3) is 11.4 Å². The second kappa shape index (κ2) is 9.44. The molecule has 0 spiro atoms. The fourth-order valence-electron chi connectivity index (χ4n) is 4.82. The molecular formula is C25H24F4N4O3. The van der Waals surface area contributed by atoms with Crippen LogP contribution in [-0.4, -0.2) is 58.5 Å². The number of amides is 2. The molecule has 0 N–H and O–H groups in total. The molecule has 1 aromatic heterocycles.